The molecule has 1 fully saturated rings. The van der Waals surface area contributed by atoms with Crippen LogP contribution in [0.4, 0.5) is 5.69 Å². The van der Waals surface area contributed by atoms with Crippen molar-refractivity contribution < 1.29 is 23.5 Å². The molecule has 2 aromatic carbocycles. The second-order valence-corrected chi connectivity index (χ2v) is 6.81. The van der Waals surface area contributed by atoms with Crippen molar-refractivity contribution in [2.45, 2.75) is 18.8 Å². The topological polar surface area (TPSA) is 103 Å². The van der Waals surface area contributed by atoms with Gasteiger partial charge in [0.05, 0.1) is 6.54 Å². The van der Waals surface area contributed by atoms with E-state index in [0.29, 0.717) is 39.8 Å². The fourth-order valence-corrected chi connectivity index (χ4v) is 3.03. The summed E-state index contributed by atoms with van der Waals surface area (Å²) in [5.74, 6) is 1.60. The van der Waals surface area contributed by atoms with Gasteiger partial charge in [0.1, 0.15) is 5.52 Å². The maximum atomic E-state index is 12.2. The molecule has 8 nitrogen and oxygen atoms in total. The van der Waals surface area contributed by atoms with Gasteiger partial charge in [-0.2, -0.15) is 0 Å². The Bertz CT molecular complexity index is 1090. The van der Waals surface area contributed by atoms with Crippen molar-refractivity contribution in [1.29, 1.82) is 0 Å². The molecule has 0 atom stereocenters. The van der Waals surface area contributed by atoms with E-state index in [0.717, 1.165) is 18.7 Å². The monoisotopic (exact) mass is 379 g/mol. The number of nitrogens with one attached hydrogen (secondary N) is 2. The molecule has 5 rings (SSSR count). The quantitative estimate of drug-likeness (QED) is 0.707. The maximum Gasteiger partial charge on any atom is 0.251 e. The summed E-state index contributed by atoms with van der Waals surface area (Å²) >= 11 is 0. The van der Waals surface area contributed by atoms with Crippen LogP contribution in [-0.2, 0) is 4.79 Å². The van der Waals surface area contributed by atoms with Crippen LogP contribution in [0.2, 0.25) is 0 Å². The Labute approximate surface area is 159 Å². The van der Waals surface area contributed by atoms with Gasteiger partial charge in [-0.3, -0.25) is 9.59 Å². The van der Waals surface area contributed by atoms with Gasteiger partial charge in [-0.05, 0) is 49.2 Å². The molecule has 0 unspecified atom stereocenters. The van der Waals surface area contributed by atoms with E-state index >= 15 is 0 Å². The number of anilines is 1. The molecule has 0 spiro atoms. The first kappa shape index (κ1) is 16.6. The van der Waals surface area contributed by atoms with E-state index in [-0.39, 0.29) is 25.2 Å². The number of rotatable bonds is 5. The molecule has 0 bridgehead atoms. The highest BCUT2D eigenvalue weighted by molar-refractivity contribution is 6.00. The fourth-order valence-electron chi connectivity index (χ4n) is 3.03. The van der Waals surface area contributed by atoms with Crippen LogP contribution in [0.15, 0.2) is 40.8 Å². The van der Waals surface area contributed by atoms with E-state index in [1.807, 2.05) is 0 Å². The van der Waals surface area contributed by atoms with Gasteiger partial charge in [-0.1, -0.05) is 0 Å². The lowest BCUT2D eigenvalue weighted by atomic mass is 10.2. The molecule has 1 saturated carbocycles. The van der Waals surface area contributed by atoms with Crippen molar-refractivity contribution in [2.24, 2.45) is 0 Å². The predicted molar refractivity (Wildman–Crippen MR) is 99.5 cm³/mol. The number of carbonyl (C=O) groups excluding carboxylic acids is 2. The Kier molecular flexibility index (Phi) is 3.89. The summed E-state index contributed by atoms with van der Waals surface area (Å²) < 4.78 is 16.2. The fraction of sp³-hybridized carbons (Fsp3) is 0.250. The highest BCUT2D eigenvalue weighted by atomic mass is 16.7. The Balaban J connectivity index is 1.20. The number of aromatic nitrogens is 1. The average Bonchev–Trinajstić information content (AvgIpc) is 3.29. The lowest BCUT2D eigenvalue weighted by Gasteiger charge is -2.07. The predicted octanol–water partition coefficient (Wildman–Crippen LogP) is 2.80. The third kappa shape index (κ3) is 3.24. The Morgan fingerprint density at radius 3 is 2.79 bits per heavy atom. The highest BCUT2D eigenvalue weighted by Crippen LogP contribution is 2.40. The first-order chi connectivity index (χ1) is 13.7. The van der Waals surface area contributed by atoms with Crippen molar-refractivity contribution in [3.8, 4) is 11.5 Å². The third-order valence-corrected chi connectivity index (χ3v) is 4.66. The summed E-state index contributed by atoms with van der Waals surface area (Å²) in [6, 6.07) is 10.2. The Hall–Kier alpha value is -3.55. The largest absolute Gasteiger partial charge is 0.454 e. The standard InChI is InChI=1S/C20H17N3O5/c24-18(9-21-19(25)12-3-5-16-17(7-12)27-10-26-16)22-13-4-6-15-14(8-13)23-20(28-15)11-1-2-11/h3-8,11H,1-2,9-10H2,(H,21,25)(H,22,24). The first-order valence-electron chi connectivity index (χ1n) is 9.04. The SMILES string of the molecule is O=C(CNC(=O)c1ccc2c(c1)OCO2)Nc1ccc2oc(C3CC3)nc2c1. The average molecular weight is 379 g/mol. The van der Waals surface area contributed by atoms with Crippen LogP contribution in [0.3, 0.4) is 0 Å². The van der Waals surface area contributed by atoms with Crippen molar-refractivity contribution in [2.75, 3.05) is 18.7 Å². The van der Waals surface area contributed by atoms with Gasteiger partial charge in [-0.15, -0.1) is 0 Å². The van der Waals surface area contributed by atoms with Crippen LogP contribution in [0.25, 0.3) is 11.1 Å². The summed E-state index contributed by atoms with van der Waals surface area (Å²) in [4.78, 5) is 28.9. The number of benzene rings is 2. The molecule has 8 heteroatoms. The van der Waals surface area contributed by atoms with Gasteiger partial charge in [0.15, 0.2) is 23.0 Å². The van der Waals surface area contributed by atoms with E-state index in [1.54, 1.807) is 36.4 Å². The van der Waals surface area contributed by atoms with Crippen LogP contribution >= 0.6 is 0 Å². The number of oxazole rings is 1. The molecule has 2 aliphatic rings. The summed E-state index contributed by atoms with van der Waals surface area (Å²) in [7, 11) is 0. The van der Waals surface area contributed by atoms with Crippen LogP contribution in [0.1, 0.15) is 35.0 Å². The molecule has 0 radical (unpaired) electrons. The van der Waals surface area contributed by atoms with Gasteiger partial charge in [-0.25, -0.2) is 4.98 Å². The van der Waals surface area contributed by atoms with Gasteiger partial charge in [0, 0.05) is 17.2 Å². The highest BCUT2D eigenvalue weighted by Gasteiger charge is 2.28. The number of hydrogen-bond acceptors (Lipinski definition) is 6. The van der Waals surface area contributed by atoms with Crippen molar-refractivity contribution >= 4 is 28.6 Å². The molecule has 1 aromatic heterocycles. The summed E-state index contributed by atoms with van der Waals surface area (Å²) in [5.41, 5.74) is 2.42. The summed E-state index contributed by atoms with van der Waals surface area (Å²) in [6.07, 6.45) is 2.22. The van der Waals surface area contributed by atoms with Gasteiger partial charge in [0.2, 0.25) is 12.7 Å². The van der Waals surface area contributed by atoms with Gasteiger partial charge < -0.3 is 24.5 Å². The van der Waals surface area contributed by atoms with Crippen molar-refractivity contribution in [3.63, 3.8) is 0 Å². The molecular weight excluding hydrogens is 362 g/mol. The van der Waals surface area contributed by atoms with E-state index in [1.165, 1.54) is 0 Å². The van der Waals surface area contributed by atoms with E-state index in [2.05, 4.69) is 15.6 Å². The normalized spacial score (nSPS) is 14.9. The second kappa shape index (κ2) is 6.56. The van der Waals surface area contributed by atoms with Crippen molar-refractivity contribution in [3.05, 3.63) is 47.9 Å². The number of fused-ring (bicyclic) bond motifs is 2. The molecule has 0 saturated heterocycles. The number of nitrogens with zero attached hydrogens (tertiary/aromatic N) is 1. The molecular formula is C20H17N3O5. The van der Waals surface area contributed by atoms with Crippen LogP contribution in [-0.4, -0.2) is 30.1 Å². The maximum absolute atomic E-state index is 12.2. The number of ether oxygens (including phenoxy) is 2. The number of carbonyl (C=O) groups is 2. The first-order valence-corrected chi connectivity index (χ1v) is 9.04. The molecule has 28 heavy (non-hydrogen) atoms. The minimum Gasteiger partial charge on any atom is -0.454 e. The van der Waals surface area contributed by atoms with E-state index < -0.39 is 0 Å². The molecule has 2 amide bonds. The lowest BCUT2D eigenvalue weighted by molar-refractivity contribution is -0.115. The lowest BCUT2D eigenvalue weighted by Crippen LogP contribution is -2.32. The van der Waals surface area contributed by atoms with E-state index in [9.17, 15) is 9.59 Å². The Morgan fingerprint density at radius 1 is 1.07 bits per heavy atom. The minimum atomic E-state index is -0.366. The molecule has 2 N–H and O–H groups in total. The summed E-state index contributed by atoms with van der Waals surface area (Å²) in [5, 5.41) is 5.35. The zero-order valence-corrected chi connectivity index (χ0v) is 14.9. The smallest absolute Gasteiger partial charge is 0.251 e. The van der Waals surface area contributed by atoms with Gasteiger partial charge >= 0.3 is 0 Å². The van der Waals surface area contributed by atoms with Crippen LogP contribution in [0.5, 0.6) is 11.5 Å². The van der Waals surface area contributed by atoms with Crippen LogP contribution in [0, 0.1) is 0 Å². The minimum absolute atomic E-state index is 0.140. The molecule has 1 aliphatic heterocycles. The number of hydrogen-bond donors (Lipinski definition) is 2. The molecule has 1 aliphatic carbocycles. The zero-order chi connectivity index (χ0) is 19.1. The van der Waals surface area contributed by atoms with Crippen LogP contribution < -0.4 is 20.1 Å². The zero-order valence-electron chi connectivity index (χ0n) is 14.9. The molecule has 2 heterocycles. The Morgan fingerprint density at radius 2 is 1.93 bits per heavy atom. The molecule has 142 valence electrons. The second-order valence-electron chi connectivity index (χ2n) is 6.81. The van der Waals surface area contributed by atoms with Gasteiger partial charge in [0.25, 0.3) is 5.91 Å². The van der Waals surface area contributed by atoms with Crippen molar-refractivity contribution in [1.82, 2.24) is 10.3 Å². The third-order valence-electron chi connectivity index (χ3n) is 4.66. The number of amides is 2. The molecule has 3 aromatic rings. The van der Waals surface area contributed by atoms with E-state index in [4.69, 9.17) is 13.9 Å². The summed E-state index contributed by atoms with van der Waals surface area (Å²) in [6.45, 7) is -0.0156.